The van der Waals surface area contributed by atoms with E-state index in [2.05, 4.69) is 20.3 Å². The molecule has 2 aromatic heterocycles. The lowest BCUT2D eigenvalue weighted by molar-refractivity contribution is 0.625. The fraction of sp³-hybridized carbons (Fsp3) is 0.188. The van der Waals surface area contributed by atoms with Gasteiger partial charge < -0.3 is 10.3 Å². The molecule has 1 aliphatic rings. The fourth-order valence-electron chi connectivity index (χ4n) is 2.28. The Kier molecular flexibility index (Phi) is 4.02. The third-order valence-corrected chi connectivity index (χ3v) is 3.37. The van der Waals surface area contributed by atoms with Crippen molar-refractivity contribution < 1.29 is 0 Å². The molecule has 3 aromatic rings. The van der Waals surface area contributed by atoms with Crippen LogP contribution < -0.4 is 10.9 Å². The van der Waals surface area contributed by atoms with Gasteiger partial charge >= 0.3 is 0 Å². The number of benzene rings is 1. The topological polar surface area (TPSA) is 70.7 Å². The van der Waals surface area contributed by atoms with Crippen molar-refractivity contribution in [3.63, 3.8) is 0 Å². The molecular formula is C16H16N4O. The summed E-state index contributed by atoms with van der Waals surface area (Å²) in [7, 11) is 0. The van der Waals surface area contributed by atoms with E-state index in [1.165, 1.54) is 17.3 Å². The summed E-state index contributed by atoms with van der Waals surface area (Å²) in [5.41, 5.74) is 3.28. The summed E-state index contributed by atoms with van der Waals surface area (Å²) in [6.45, 7) is 1.97. The molecule has 5 nitrogen and oxygen atoms in total. The summed E-state index contributed by atoms with van der Waals surface area (Å²) in [5.74, 6) is 0. The summed E-state index contributed by atoms with van der Waals surface area (Å²) in [6, 6.07) is 11.0. The predicted octanol–water partition coefficient (Wildman–Crippen LogP) is 1.65. The number of rotatable bonds is 0. The lowest BCUT2D eigenvalue weighted by atomic mass is 10.1. The van der Waals surface area contributed by atoms with Crippen LogP contribution in [0.5, 0.6) is 0 Å². The quantitative estimate of drug-likeness (QED) is 0.657. The lowest BCUT2D eigenvalue weighted by Crippen LogP contribution is -2.24. The average molecular weight is 280 g/mol. The Morgan fingerprint density at radius 1 is 1.10 bits per heavy atom. The molecule has 0 radical (unpaired) electrons. The Hall–Kier alpha value is -2.53. The zero-order valence-corrected chi connectivity index (χ0v) is 11.5. The van der Waals surface area contributed by atoms with Gasteiger partial charge in [0.05, 0.1) is 0 Å². The van der Waals surface area contributed by atoms with Crippen molar-refractivity contribution in [2.75, 3.05) is 6.54 Å². The van der Waals surface area contributed by atoms with Gasteiger partial charge in [0.15, 0.2) is 0 Å². The highest BCUT2D eigenvalue weighted by Gasteiger charge is 2.07. The van der Waals surface area contributed by atoms with E-state index < -0.39 is 0 Å². The highest BCUT2D eigenvalue weighted by Crippen LogP contribution is 2.07. The molecule has 0 unspecified atom stereocenters. The Balaban J connectivity index is 0.000000126. The van der Waals surface area contributed by atoms with Gasteiger partial charge in [-0.05, 0) is 17.5 Å². The van der Waals surface area contributed by atoms with Gasteiger partial charge in [-0.1, -0.05) is 18.2 Å². The number of nitrogens with one attached hydrogen (secondary N) is 2. The van der Waals surface area contributed by atoms with E-state index in [4.69, 9.17) is 0 Å². The van der Waals surface area contributed by atoms with E-state index in [-0.39, 0.29) is 5.56 Å². The highest BCUT2D eigenvalue weighted by molar-refractivity contribution is 5.77. The highest BCUT2D eigenvalue weighted by atomic mass is 16.1. The van der Waals surface area contributed by atoms with E-state index in [9.17, 15) is 4.79 Å². The summed E-state index contributed by atoms with van der Waals surface area (Å²) in [6.07, 6.45) is 4.54. The van der Waals surface area contributed by atoms with Gasteiger partial charge in [0.1, 0.15) is 6.33 Å². The zero-order valence-electron chi connectivity index (χ0n) is 11.5. The first-order chi connectivity index (χ1) is 10.3. The molecule has 5 heteroatoms. The van der Waals surface area contributed by atoms with E-state index >= 15 is 0 Å². The van der Waals surface area contributed by atoms with Crippen LogP contribution in [0, 0.1) is 0 Å². The number of hydrogen-bond acceptors (Lipinski definition) is 4. The molecule has 21 heavy (non-hydrogen) atoms. The molecule has 0 amide bonds. The molecule has 4 rings (SSSR count). The summed E-state index contributed by atoms with van der Waals surface area (Å²) < 4.78 is 0. The molecule has 2 N–H and O–H groups in total. The molecule has 0 aliphatic carbocycles. The monoisotopic (exact) mass is 280 g/mol. The second-order valence-corrected chi connectivity index (χ2v) is 4.83. The van der Waals surface area contributed by atoms with Crippen molar-refractivity contribution in [3.05, 3.63) is 70.5 Å². The van der Waals surface area contributed by atoms with Crippen molar-refractivity contribution in [1.29, 1.82) is 0 Å². The zero-order chi connectivity index (χ0) is 14.5. The Bertz CT molecular complexity index is 772. The van der Waals surface area contributed by atoms with Crippen LogP contribution in [-0.2, 0) is 13.0 Å². The minimum Gasteiger partial charge on any atom is -0.322 e. The van der Waals surface area contributed by atoms with E-state index in [1.54, 1.807) is 6.33 Å². The van der Waals surface area contributed by atoms with Crippen molar-refractivity contribution in [3.8, 4) is 0 Å². The van der Waals surface area contributed by atoms with Crippen molar-refractivity contribution >= 4 is 10.9 Å². The van der Waals surface area contributed by atoms with Gasteiger partial charge in [0, 0.05) is 48.5 Å². The summed E-state index contributed by atoms with van der Waals surface area (Å²) in [5, 5.41) is 4.32. The Labute approximate surface area is 122 Å². The maximum Gasteiger partial charge on any atom is 0.248 e. The summed E-state index contributed by atoms with van der Waals surface area (Å²) in [4.78, 5) is 21.7. The normalized spacial score (nSPS) is 13.1. The van der Waals surface area contributed by atoms with E-state index in [1.807, 2.05) is 36.5 Å². The minimum atomic E-state index is -0.0521. The number of aromatic amines is 1. The molecule has 0 fully saturated rings. The van der Waals surface area contributed by atoms with Crippen LogP contribution in [0.2, 0.25) is 0 Å². The van der Waals surface area contributed by atoms with Crippen LogP contribution in [0.25, 0.3) is 10.9 Å². The fourth-order valence-corrected chi connectivity index (χ4v) is 2.28. The van der Waals surface area contributed by atoms with Gasteiger partial charge in [-0.15, -0.1) is 0 Å². The first-order valence-corrected chi connectivity index (χ1v) is 6.89. The van der Waals surface area contributed by atoms with Crippen LogP contribution in [0.1, 0.15) is 11.3 Å². The van der Waals surface area contributed by atoms with Gasteiger partial charge in [0.2, 0.25) is 5.56 Å². The smallest absolute Gasteiger partial charge is 0.248 e. The van der Waals surface area contributed by atoms with Crippen molar-refractivity contribution in [2.24, 2.45) is 0 Å². The standard InChI is InChI=1S/C9H7NO.C7H9N3/c11-9-6-5-7-3-1-2-4-8(7)10-9;1-2-8-3-6-4-9-5-10-7(1)6/h1-6H,(H,10,11);4-5,8H,1-3H2. The maximum absolute atomic E-state index is 10.8. The molecule has 0 bridgehead atoms. The van der Waals surface area contributed by atoms with E-state index in [0.717, 1.165) is 30.4 Å². The van der Waals surface area contributed by atoms with Crippen LogP contribution >= 0.6 is 0 Å². The van der Waals surface area contributed by atoms with Crippen molar-refractivity contribution in [2.45, 2.75) is 13.0 Å². The van der Waals surface area contributed by atoms with Gasteiger partial charge in [-0.3, -0.25) is 4.79 Å². The van der Waals surface area contributed by atoms with Gasteiger partial charge in [-0.2, -0.15) is 0 Å². The average Bonchev–Trinajstić information content (AvgIpc) is 2.55. The van der Waals surface area contributed by atoms with Crippen LogP contribution in [0.15, 0.2) is 53.7 Å². The van der Waals surface area contributed by atoms with Crippen molar-refractivity contribution in [1.82, 2.24) is 20.3 Å². The third-order valence-electron chi connectivity index (χ3n) is 3.37. The van der Waals surface area contributed by atoms with Crippen LogP contribution in [0.3, 0.4) is 0 Å². The van der Waals surface area contributed by atoms with Crippen LogP contribution in [0.4, 0.5) is 0 Å². The van der Waals surface area contributed by atoms with E-state index in [0.29, 0.717) is 0 Å². The lowest BCUT2D eigenvalue weighted by Gasteiger charge is -2.13. The SMILES string of the molecule is O=c1ccc2ccccc2[nH]1.c1ncc2c(n1)CCNC2. The molecule has 0 saturated heterocycles. The largest absolute Gasteiger partial charge is 0.322 e. The molecule has 106 valence electrons. The molecule has 3 heterocycles. The number of para-hydroxylation sites is 1. The first kappa shape index (κ1) is 13.5. The van der Waals surface area contributed by atoms with Gasteiger partial charge in [-0.25, -0.2) is 9.97 Å². The second kappa shape index (κ2) is 6.28. The Morgan fingerprint density at radius 3 is 2.90 bits per heavy atom. The minimum absolute atomic E-state index is 0.0521. The maximum atomic E-state index is 10.8. The number of aromatic nitrogens is 3. The number of pyridine rings is 1. The van der Waals surface area contributed by atoms with Gasteiger partial charge in [0.25, 0.3) is 0 Å². The number of fused-ring (bicyclic) bond motifs is 2. The van der Waals surface area contributed by atoms with Crippen LogP contribution in [-0.4, -0.2) is 21.5 Å². The number of H-pyrrole nitrogens is 1. The molecule has 1 aromatic carbocycles. The predicted molar refractivity (Wildman–Crippen MR) is 82.0 cm³/mol. The summed E-state index contributed by atoms with van der Waals surface area (Å²) >= 11 is 0. The first-order valence-electron chi connectivity index (χ1n) is 6.89. The number of nitrogens with zero attached hydrogens (tertiary/aromatic N) is 2. The molecule has 1 aliphatic heterocycles. The second-order valence-electron chi connectivity index (χ2n) is 4.83. The molecule has 0 spiro atoms. The third kappa shape index (κ3) is 3.32. The molecule has 0 atom stereocenters. The molecular weight excluding hydrogens is 264 g/mol. The molecule has 0 saturated carbocycles. The Morgan fingerprint density at radius 2 is 2.00 bits per heavy atom. The number of hydrogen-bond donors (Lipinski definition) is 2.